The van der Waals surface area contributed by atoms with Gasteiger partial charge in [0.1, 0.15) is 6.04 Å². The van der Waals surface area contributed by atoms with Crippen LogP contribution in [0.1, 0.15) is 57.4 Å². The van der Waals surface area contributed by atoms with Crippen molar-refractivity contribution in [3.8, 4) is 0 Å². The van der Waals surface area contributed by atoms with Crippen molar-refractivity contribution in [2.45, 2.75) is 76.4 Å². The van der Waals surface area contributed by atoms with Crippen molar-refractivity contribution >= 4 is 11.8 Å². The monoisotopic (exact) mass is 328 g/mol. The lowest BCUT2D eigenvalue weighted by molar-refractivity contribution is -0.140. The highest BCUT2D eigenvalue weighted by molar-refractivity contribution is 5.89. The van der Waals surface area contributed by atoms with Crippen LogP contribution in [0.25, 0.3) is 0 Å². The average molecular weight is 328 g/mol. The molecule has 1 aromatic carbocycles. The van der Waals surface area contributed by atoms with Gasteiger partial charge in [0.25, 0.3) is 0 Å². The zero-order valence-electron chi connectivity index (χ0n) is 14.5. The highest BCUT2D eigenvalue weighted by atomic mass is 16.2. The third-order valence-electron chi connectivity index (χ3n) is 5.37. The first-order valence-electron chi connectivity index (χ1n) is 9.34. The standard InChI is InChI=1S/C20H28N2O2/c1-2-7-18(21-19(23)14-15-8-4-3-5-9-15)20(24)22-16-10-6-11-17(22)13-12-16/h3-5,8-9,16-18H,2,6-7,10-14H2,1H3,(H,21,23). The van der Waals surface area contributed by atoms with Crippen molar-refractivity contribution < 1.29 is 9.59 Å². The lowest BCUT2D eigenvalue weighted by Crippen LogP contribution is -2.53. The van der Waals surface area contributed by atoms with E-state index in [1.807, 2.05) is 30.3 Å². The number of hydrogen-bond acceptors (Lipinski definition) is 2. The summed E-state index contributed by atoms with van der Waals surface area (Å²) in [6.45, 7) is 2.06. The predicted octanol–water partition coefficient (Wildman–Crippen LogP) is 3.06. The zero-order valence-corrected chi connectivity index (χ0v) is 14.5. The molecule has 2 amide bonds. The summed E-state index contributed by atoms with van der Waals surface area (Å²) < 4.78 is 0. The molecule has 130 valence electrons. The van der Waals surface area contributed by atoms with Crippen LogP contribution >= 0.6 is 0 Å². The Labute approximate surface area is 144 Å². The van der Waals surface area contributed by atoms with Crippen molar-refractivity contribution in [3.05, 3.63) is 35.9 Å². The molecule has 2 heterocycles. The maximum atomic E-state index is 13.0. The Kier molecular flexibility index (Phi) is 5.54. The van der Waals surface area contributed by atoms with Crippen LogP contribution in [0.3, 0.4) is 0 Å². The quantitative estimate of drug-likeness (QED) is 0.872. The van der Waals surface area contributed by atoms with E-state index in [2.05, 4.69) is 17.1 Å². The molecule has 0 radical (unpaired) electrons. The zero-order chi connectivity index (χ0) is 16.9. The first-order valence-corrected chi connectivity index (χ1v) is 9.34. The predicted molar refractivity (Wildman–Crippen MR) is 94.5 cm³/mol. The van der Waals surface area contributed by atoms with Gasteiger partial charge in [-0.15, -0.1) is 0 Å². The first-order chi connectivity index (χ1) is 11.7. The second-order valence-corrected chi connectivity index (χ2v) is 7.13. The van der Waals surface area contributed by atoms with Gasteiger partial charge in [-0.1, -0.05) is 43.7 Å². The Hall–Kier alpha value is -1.84. The number of amides is 2. The van der Waals surface area contributed by atoms with Crippen LogP contribution in [0.15, 0.2) is 30.3 Å². The minimum Gasteiger partial charge on any atom is -0.344 e. The molecule has 2 aliphatic heterocycles. The fraction of sp³-hybridized carbons (Fsp3) is 0.600. The molecule has 4 nitrogen and oxygen atoms in total. The molecule has 0 aromatic heterocycles. The largest absolute Gasteiger partial charge is 0.344 e. The number of nitrogens with zero attached hydrogens (tertiary/aromatic N) is 1. The minimum atomic E-state index is -0.368. The summed E-state index contributed by atoms with van der Waals surface area (Å²) >= 11 is 0. The molecule has 0 aliphatic carbocycles. The van der Waals surface area contributed by atoms with Crippen LogP contribution < -0.4 is 5.32 Å². The minimum absolute atomic E-state index is 0.0580. The molecule has 24 heavy (non-hydrogen) atoms. The van der Waals surface area contributed by atoms with Gasteiger partial charge < -0.3 is 10.2 Å². The number of piperidine rings is 1. The summed E-state index contributed by atoms with van der Waals surface area (Å²) in [5.74, 6) is 0.0859. The number of rotatable bonds is 6. The number of fused-ring (bicyclic) bond motifs is 2. The maximum absolute atomic E-state index is 13.0. The molecule has 1 N–H and O–H groups in total. The number of hydrogen-bond donors (Lipinski definition) is 1. The number of benzene rings is 1. The van der Waals surface area contributed by atoms with Gasteiger partial charge in [0.15, 0.2) is 0 Å². The van der Waals surface area contributed by atoms with Gasteiger partial charge in [-0.25, -0.2) is 0 Å². The molecule has 2 bridgehead atoms. The fourth-order valence-corrected chi connectivity index (χ4v) is 4.23. The highest BCUT2D eigenvalue weighted by Gasteiger charge is 2.41. The van der Waals surface area contributed by atoms with E-state index in [-0.39, 0.29) is 17.9 Å². The maximum Gasteiger partial charge on any atom is 0.245 e. The van der Waals surface area contributed by atoms with E-state index in [0.717, 1.165) is 44.1 Å². The molecule has 4 heteroatoms. The molecule has 0 saturated carbocycles. The third-order valence-corrected chi connectivity index (χ3v) is 5.37. The van der Waals surface area contributed by atoms with Crippen molar-refractivity contribution in [1.29, 1.82) is 0 Å². The molecule has 2 aliphatic rings. The summed E-state index contributed by atoms with van der Waals surface area (Å²) in [6, 6.07) is 10.1. The normalized spacial score (nSPS) is 23.8. The molecule has 2 saturated heterocycles. The lowest BCUT2D eigenvalue weighted by atomic mass is 10.00. The Morgan fingerprint density at radius 3 is 2.42 bits per heavy atom. The van der Waals surface area contributed by atoms with Crippen LogP contribution in [-0.4, -0.2) is 34.8 Å². The topological polar surface area (TPSA) is 49.4 Å². The Morgan fingerprint density at radius 2 is 1.79 bits per heavy atom. The van der Waals surface area contributed by atoms with Crippen LogP contribution in [-0.2, 0) is 16.0 Å². The molecule has 0 spiro atoms. The summed E-state index contributed by atoms with van der Waals surface area (Å²) in [6.07, 6.45) is 7.69. The van der Waals surface area contributed by atoms with E-state index < -0.39 is 0 Å². The Bertz CT molecular complexity index is 556. The van der Waals surface area contributed by atoms with Crippen molar-refractivity contribution in [3.63, 3.8) is 0 Å². The lowest BCUT2D eigenvalue weighted by Gasteiger charge is -2.37. The van der Waals surface area contributed by atoms with E-state index >= 15 is 0 Å². The summed E-state index contributed by atoms with van der Waals surface area (Å²) in [5, 5.41) is 3.00. The van der Waals surface area contributed by atoms with Gasteiger partial charge in [0.05, 0.1) is 6.42 Å². The van der Waals surface area contributed by atoms with E-state index in [1.165, 1.54) is 6.42 Å². The van der Waals surface area contributed by atoms with Gasteiger partial charge in [0, 0.05) is 12.1 Å². The van der Waals surface area contributed by atoms with Gasteiger partial charge in [-0.05, 0) is 44.1 Å². The summed E-state index contributed by atoms with van der Waals surface area (Å²) in [7, 11) is 0. The van der Waals surface area contributed by atoms with Crippen LogP contribution in [0.2, 0.25) is 0 Å². The van der Waals surface area contributed by atoms with Crippen molar-refractivity contribution in [1.82, 2.24) is 10.2 Å². The number of carbonyl (C=O) groups excluding carboxylic acids is 2. The highest BCUT2D eigenvalue weighted by Crippen LogP contribution is 2.36. The van der Waals surface area contributed by atoms with Crippen LogP contribution in [0.5, 0.6) is 0 Å². The van der Waals surface area contributed by atoms with E-state index in [4.69, 9.17) is 0 Å². The van der Waals surface area contributed by atoms with Crippen molar-refractivity contribution in [2.24, 2.45) is 0 Å². The summed E-state index contributed by atoms with van der Waals surface area (Å²) in [5.41, 5.74) is 0.982. The SMILES string of the molecule is CCCC(NC(=O)Cc1ccccc1)C(=O)N1C2CCCC1CC2. The average Bonchev–Trinajstić information content (AvgIpc) is 2.83. The second kappa shape index (κ2) is 7.82. The Balaban J connectivity index is 1.63. The van der Waals surface area contributed by atoms with Gasteiger partial charge in [-0.3, -0.25) is 9.59 Å². The number of carbonyl (C=O) groups is 2. The Morgan fingerprint density at radius 1 is 1.12 bits per heavy atom. The van der Waals surface area contributed by atoms with Crippen molar-refractivity contribution in [2.75, 3.05) is 0 Å². The fourth-order valence-electron chi connectivity index (χ4n) is 4.23. The smallest absolute Gasteiger partial charge is 0.245 e. The molecule has 1 aromatic rings. The van der Waals surface area contributed by atoms with Gasteiger partial charge >= 0.3 is 0 Å². The molecular formula is C20H28N2O2. The number of nitrogens with one attached hydrogen (secondary N) is 1. The molecule has 3 atom stereocenters. The van der Waals surface area contributed by atoms with Crippen LogP contribution in [0.4, 0.5) is 0 Å². The first kappa shape index (κ1) is 17.0. The third kappa shape index (κ3) is 3.80. The van der Waals surface area contributed by atoms with Gasteiger partial charge in [0.2, 0.25) is 11.8 Å². The second-order valence-electron chi connectivity index (χ2n) is 7.13. The van der Waals surface area contributed by atoms with E-state index in [0.29, 0.717) is 18.5 Å². The summed E-state index contributed by atoms with van der Waals surface area (Å²) in [4.78, 5) is 27.5. The molecular weight excluding hydrogens is 300 g/mol. The van der Waals surface area contributed by atoms with Crippen LogP contribution in [0, 0.1) is 0 Å². The molecule has 3 rings (SSSR count). The van der Waals surface area contributed by atoms with Gasteiger partial charge in [-0.2, -0.15) is 0 Å². The van der Waals surface area contributed by atoms with E-state index in [9.17, 15) is 9.59 Å². The molecule has 3 unspecified atom stereocenters. The molecule has 2 fully saturated rings. The van der Waals surface area contributed by atoms with E-state index in [1.54, 1.807) is 0 Å².